The van der Waals surface area contributed by atoms with Crippen LogP contribution in [0.5, 0.6) is 5.75 Å². The number of hydrazone groups is 1. The third-order valence-corrected chi connectivity index (χ3v) is 3.58. The molecule has 2 rings (SSSR count). The molecule has 0 spiro atoms. The van der Waals surface area contributed by atoms with Gasteiger partial charge in [0.2, 0.25) is 0 Å². The zero-order chi connectivity index (χ0) is 16.8. The number of rotatable bonds is 5. The predicted molar refractivity (Wildman–Crippen MR) is 91.2 cm³/mol. The van der Waals surface area contributed by atoms with Crippen molar-refractivity contribution in [2.75, 3.05) is 6.61 Å². The minimum Gasteiger partial charge on any atom is -0.482 e. The van der Waals surface area contributed by atoms with E-state index >= 15 is 0 Å². The van der Waals surface area contributed by atoms with Gasteiger partial charge in [-0.05, 0) is 64.7 Å². The van der Waals surface area contributed by atoms with E-state index in [0.717, 1.165) is 15.6 Å². The van der Waals surface area contributed by atoms with Crippen molar-refractivity contribution in [1.29, 1.82) is 0 Å². The number of carbonyl (C=O) groups is 1. The second-order valence-corrected chi connectivity index (χ2v) is 5.88. The molecule has 0 heterocycles. The van der Waals surface area contributed by atoms with E-state index in [9.17, 15) is 9.18 Å². The van der Waals surface area contributed by atoms with E-state index in [-0.39, 0.29) is 18.3 Å². The highest BCUT2D eigenvalue weighted by Crippen LogP contribution is 2.29. The molecule has 6 heteroatoms. The topological polar surface area (TPSA) is 50.7 Å². The number of halogens is 2. The van der Waals surface area contributed by atoms with E-state index in [4.69, 9.17) is 4.74 Å². The molecule has 4 nitrogen and oxygen atoms in total. The van der Waals surface area contributed by atoms with Crippen LogP contribution in [0.25, 0.3) is 0 Å². The predicted octanol–water partition coefficient (Wildman–Crippen LogP) is 3.73. The molecule has 0 aliphatic carbocycles. The molecule has 0 radical (unpaired) electrons. The molecule has 1 amide bonds. The molecule has 2 aromatic carbocycles. The highest BCUT2D eigenvalue weighted by Gasteiger charge is 2.08. The van der Waals surface area contributed by atoms with Gasteiger partial charge in [0.25, 0.3) is 5.91 Å². The summed E-state index contributed by atoms with van der Waals surface area (Å²) in [6, 6.07) is 9.67. The van der Waals surface area contributed by atoms with E-state index in [1.807, 2.05) is 26.0 Å². The lowest BCUT2D eigenvalue weighted by Gasteiger charge is -2.11. The normalized spacial score (nSPS) is 10.8. The monoisotopic (exact) mass is 378 g/mol. The van der Waals surface area contributed by atoms with Crippen LogP contribution in [0.15, 0.2) is 46.0 Å². The van der Waals surface area contributed by atoms with Gasteiger partial charge in [0.15, 0.2) is 6.61 Å². The van der Waals surface area contributed by atoms with Crippen molar-refractivity contribution in [3.63, 3.8) is 0 Å². The third kappa shape index (κ3) is 5.17. The molecule has 0 aliphatic heterocycles. The summed E-state index contributed by atoms with van der Waals surface area (Å²) >= 11 is 3.42. The number of amides is 1. The van der Waals surface area contributed by atoms with Gasteiger partial charge >= 0.3 is 0 Å². The van der Waals surface area contributed by atoms with Crippen molar-refractivity contribution in [3.05, 3.63) is 63.4 Å². The summed E-state index contributed by atoms with van der Waals surface area (Å²) in [5, 5.41) is 3.80. The molecule has 0 atom stereocenters. The zero-order valence-corrected chi connectivity index (χ0v) is 14.4. The van der Waals surface area contributed by atoms with Crippen LogP contribution in [-0.2, 0) is 4.79 Å². The first-order chi connectivity index (χ1) is 11.0. The first-order valence-electron chi connectivity index (χ1n) is 6.92. The Labute approximate surface area is 142 Å². The molecular weight excluding hydrogens is 363 g/mol. The lowest BCUT2D eigenvalue weighted by molar-refractivity contribution is -0.123. The van der Waals surface area contributed by atoms with Crippen molar-refractivity contribution in [2.24, 2.45) is 5.10 Å². The number of benzene rings is 2. The van der Waals surface area contributed by atoms with Gasteiger partial charge in [0, 0.05) is 0 Å². The number of ether oxygens (including phenoxy) is 1. The molecule has 0 fully saturated rings. The van der Waals surface area contributed by atoms with Gasteiger partial charge in [-0.1, -0.05) is 18.2 Å². The second-order valence-electron chi connectivity index (χ2n) is 5.03. The smallest absolute Gasteiger partial charge is 0.277 e. The maximum absolute atomic E-state index is 12.8. The summed E-state index contributed by atoms with van der Waals surface area (Å²) in [7, 11) is 0. The van der Waals surface area contributed by atoms with Gasteiger partial charge in [-0.15, -0.1) is 0 Å². The Balaban J connectivity index is 1.87. The Morgan fingerprint density at radius 2 is 2.00 bits per heavy atom. The average molecular weight is 379 g/mol. The largest absolute Gasteiger partial charge is 0.482 e. The number of hydrogen-bond acceptors (Lipinski definition) is 3. The van der Waals surface area contributed by atoms with Crippen molar-refractivity contribution in [3.8, 4) is 5.75 Å². The molecule has 0 aromatic heterocycles. The highest BCUT2D eigenvalue weighted by molar-refractivity contribution is 9.10. The van der Waals surface area contributed by atoms with Crippen LogP contribution < -0.4 is 10.2 Å². The second kappa shape index (κ2) is 7.87. The fraction of sp³-hybridized carbons (Fsp3) is 0.176. The summed E-state index contributed by atoms with van der Waals surface area (Å²) in [6.07, 6.45) is 1.43. The van der Waals surface area contributed by atoms with Gasteiger partial charge in [-0.2, -0.15) is 5.10 Å². The Morgan fingerprint density at radius 1 is 1.30 bits per heavy atom. The molecule has 0 saturated heterocycles. The highest BCUT2D eigenvalue weighted by atomic mass is 79.9. The van der Waals surface area contributed by atoms with Crippen molar-refractivity contribution < 1.29 is 13.9 Å². The van der Waals surface area contributed by atoms with Gasteiger partial charge in [-0.25, -0.2) is 9.82 Å². The van der Waals surface area contributed by atoms with Crippen molar-refractivity contribution in [2.45, 2.75) is 13.8 Å². The first-order valence-corrected chi connectivity index (χ1v) is 7.72. The quantitative estimate of drug-likeness (QED) is 0.636. The molecule has 23 heavy (non-hydrogen) atoms. The first kappa shape index (κ1) is 17.1. The van der Waals surface area contributed by atoms with E-state index in [0.29, 0.717) is 11.3 Å². The van der Waals surface area contributed by atoms with Crippen LogP contribution in [0.3, 0.4) is 0 Å². The maximum atomic E-state index is 12.8. The summed E-state index contributed by atoms with van der Waals surface area (Å²) in [6.45, 7) is 3.75. The lowest BCUT2D eigenvalue weighted by atomic mass is 10.1. The third-order valence-electron chi connectivity index (χ3n) is 2.99. The molecule has 0 unspecified atom stereocenters. The molecule has 120 valence electrons. The van der Waals surface area contributed by atoms with Crippen LogP contribution in [0.2, 0.25) is 0 Å². The Bertz CT molecular complexity index is 707. The van der Waals surface area contributed by atoms with E-state index in [1.165, 1.54) is 18.3 Å². The lowest BCUT2D eigenvalue weighted by Crippen LogP contribution is -2.24. The van der Waals surface area contributed by atoms with Crippen molar-refractivity contribution in [1.82, 2.24) is 5.43 Å². The summed E-state index contributed by atoms with van der Waals surface area (Å²) < 4.78 is 19.1. The number of nitrogens with one attached hydrogen (secondary N) is 1. The van der Waals surface area contributed by atoms with E-state index in [1.54, 1.807) is 12.1 Å². The molecule has 1 N–H and O–H groups in total. The molecule has 0 saturated carbocycles. The molecular formula is C17H16BrFN2O2. The van der Waals surface area contributed by atoms with Crippen LogP contribution in [0.4, 0.5) is 4.39 Å². The average Bonchev–Trinajstić information content (AvgIpc) is 2.48. The molecule has 2 aromatic rings. The number of nitrogens with zero attached hydrogens (tertiary/aromatic N) is 1. The molecule has 0 aliphatic rings. The van der Waals surface area contributed by atoms with Gasteiger partial charge in [0.1, 0.15) is 11.6 Å². The van der Waals surface area contributed by atoms with Crippen LogP contribution in [0.1, 0.15) is 16.7 Å². The van der Waals surface area contributed by atoms with Gasteiger partial charge in [-0.3, -0.25) is 4.79 Å². The van der Waals surface area contributed by atoms with E-state index < -0.39 is 0 Å². The fourth-order valence-electron chi connectivity index (χ4n) is 1.98. The van der Waals surface area contributed by atoms with Crippen LogP contribution >= 0.6 is 15.9 Å². The minimum absolute atomic E-state index is 0.150. The SMILES string of the molecule is Cc1cc(C)c(OCC(=O)N/N=C/c2ccc(F)cc2)c(Br)c1. The molecule has 0 bridgehead atoms. The Hall–Kier alpha value is -2.21. The number of hydrogen-bond donors (Lipinski definition) is 1. The summed E-state index contributed by atoms with van der Waals surface area (Å²) in [5.41, 5.74) is 5.10. The van der Waals surface area contributed by atoms with Gasteiger partial charge < -0.3 is 4.74 Å². The van der Waals surface area contributed by atoms with Crippen LogP contribution in [-0.4, -0.2) is 18.7 Å². The number of carbonyl (C=O) groups excluding carboxylic acids is 1. The van der Waals surface area contributed by atoms with Gasteiger partial charge in [0.05, 0.1) is 10.7 Å². The number of aryl methyl sites for hydroxylation is 2. The van der Waals surface area contributed by atoms with Crippen molar-refractivity contribution >= 4 is 28.1 Å². The summed E-state index contributed by atoms with van der Waals surface area (Å²) in [5.74, 6) is -0.0675. The zero-order valence-electron chi connectivity index (χ0n) is 12.8. The minimum atomic E-state index is -0.379. The maximum Gasteiger partial charge on any atom is 0.277 e. The Kier molecular flexibility index (Phi) is 5.87. The summed E-state index contributed by atoms with van der Waals surface area (Å²) in [4.78, 5) is 11.7. The fourth-order valence-corrected chi connectivity index (χ4v) is 2.77. The Morgan fingerprint density at radius 3 is 2.65 bits per heavy atom. The standard InChI is InChI=1S/C17H16BrFN2O2/c1-11-7-12(2)17(15(18)8-11)23-10-16(22)21-20-9-13-3-5-14(19)6-4-13/h3-9H,10H2,1-2H3,(H,21,22)/b20-9+. The van der Waals surface area contributed by atoms with Crippen LogP contribution in [0, 0.1) is 19.7 Å². The van der Waals surface area contributed by atoms with E-state index in [2.05, 4.69) is 26.5 Å².